The number of likely N-dealkylation sites (N-methyl/N-ethyl adjacent to an activating group) is 1. The summed E-state index contributed by atoms with van der Waals surface area (Å²) >= 11 is 0. The molecule has 4 heteroatoms. The molecule has 2 rings (SSSR count). The van der Waals surface area contributed by atoms with Gasteiger partial charge >= 0.3 is 0 Å². The molecule has 1 fully saturated rings. The zero-order chi connectivity index (χ0) is 14.4. The molecule has 0 bridgehead atoms. The average molecular weight is 275 g/mol. The van der Waals surface area contributed by atoms with Gasteiger partial charge in [-0.15, -0.1) is 0 Å². The van der Waals surface area contributed by atoms with Crippen molar-refractivity contribution in [2.24, 2.45) is 0 Å². The average Bonchev–Trinajstić information content (AvgIpc) is 2.41. The van der Waals surface area contributed by atoms with E-state index in [4.69, 9.17) is 0 Å². The number of rotatable bonds is 5. The predicted molar refractivity (Wildman–Crippen MR) is 82.9 cm³/mol. The van der Waals surface area contributed by atoms with E-state index in [9.17, 15) is 4.79 Å². The van der Waals surface area contributed by atoms with Gasteiger partial charge in [0.2, 0.25) is 5.91 Å². The number of carbonyl (C=O) groups is 1. The second-order valence-electron chi connectivity index (χ2n) is 5.60. The van der Waals surface area contributed by atoms with Gasteiger partial charge in [-0.2, -0.15) is 0 Å². The van der Waals surface area contributed by atoms with Crippen LogP contribution in [0.4, 0.5) is 5.69 Å². The van der Waals surface area contributed by atoms with Gasteiger partial charge in [0.15, 0.2) is 0 Å². The number of aryl methyl sites for hydroxylation is 1. The van der Waals surface area contributed by atoms with Crippen molar-refractivity contribution in [2.75, 3.05) is 32.0 Å². The van der Waals surface area contributed by atoms with Gasteiger partial charge in [0.1, 0.15) is 0 Å². The molecule has 0 spiro atoms. The Balaban J connectivity index is 1.89. The number of amides is 1. The molecule has 1 aromatic rings. The molecular formula is C16H25N3O. The number of benzene rings is 1. The molecule has 4 nitrogen and oxygen atoms in total. The topological polar surface area (TPSA) is 44.4 Å². The molecule has 1 amide bonds. The Labute approximate surface area is 121 Å². The largest absolute Gasteiger partial charge is 0.325 e. The highest BCUT2D eigenvalue weighted by Gasteiger charge is 2.23. The second kappa shape index (κ2) is 7.41. The highest BCUT2D eigenvalue weighted by atomic mass is 16.2. The summed E-state index contributed by atoms with van der Waals surface area (Å²) in [5.74, 6) is 0.0820. The molecule has 1 heterocycles. The van der Waals surface area contributed by atoms with Crippen molar-refractivity contribution in [3.8, 4) is 0 Å². The first-order valence-electron chi connectivity index (χ1n) is 7.44. The van der Waals surface area contributed by atoms with Crippen LogP contribution in [0, 0.1) is 6.92 Å². The molecular weight excluding hydrogens is 250 g/mol. The monoisotopic (exact) mass is 275 g/mol. The number of carbonyl (C=O) groups excluding carboxylic acids is 1. The molecule has 1 atom stereocenters. The van der Waals surface area contributed by atoms with Gasteiger partial charge in [0.25, 0.3) is 0 Å². The molecule has 0 saturated carbocycles. The highest BCUT2D eigenvalue weighted by Crippen LogP contribution is 2.16. The van der Waals surface area contributed by atoms with E-state index >= 15 is 0 Å². The van der Waals surface area contributed by atoms with Crippen molar-refractivity contribution in [3.63, 3.8) is 0 Å². The fourth-order valence-electron chi connectivity index (χ4n) is 2.84. The number of nitrogens with zero attached hydrogens (tertiary/aromatic N) is 1. The number of hydrogen-bond acceptors (Lipinski definition) is 3. The highest BCUT2D eigenvalue weighted by molar-refractivity contribution is 5.92. The van der Waals surface area contributed by atoms with Crippen molar-refractivity contribution in [2.45, 2.75) is 32.2 Å². The molecule has 20 heavy (non-hydrogen) atoms. The Morgan fingerprint density at radius 1 is 1.40 bits per heavy atom. The third-order valence-corrected chi connectivity index (χ3v) is 3.84. The van der Waals surface area contributed by atoms with Crippen LogP contribution < -0.4 is 10.6 Å². The molecule has 1 aliphatic heterocycles. The van der Waals surface area contributed by atoms with E-state index in [1.165, 1.54) is 19.3 Å². The summed E-state index contributed by atoms with van der Waals surface area (Å²) < 4.78 is 0. The Hall–Kier alpha value is -1.39. The summed E-state index contributed by atoms with van der Waals surface area (Å²) in [6.45, 7) is 4.49. The maximum atomic E-state index is 12.2. The van der Waals surface area contributed by atoms with Gasteiger partial charge in [-0.25, -0.2) is 0 Å². The van der Waals surface area contributed by atoms with Gasteiger partial charge < -0.3 is 10.6 Å². The fourth-order valence-corrected chi connectivity index (χ4v) is 2.84. The first kappa shape index (κ1) is 15.0. The fraction of sp³-hybridized carbons (Fsp3) is 0.562. The van der Waals surface area contributed by atoms with Crippen molar-refractivity contribution in [1.29, 1.82) is 0 Å². The summed E-state index contributed by atoms with van der Waals surface area (Å²) in [6, 6.07) is 8.42. The standard InChI is InChI=1S/C16H25N3O/c1-13-6-5-7-14(10-13)18-16(20)12-19-9-4-3-8-15(19)11-17-2/h5-7,10,15,17H,3-4,8-9,11-12H2,1-2H3,(H,18,20). The molecule has 2 N–H and O–H groups in total. The maximum absolute atomic E-state index is 12.2. The number of anilines is 1. The Kier molecular flexibility index (Phi) is 5.56. The predicted octanol–water partition coefficient (Wildman–Crippen LogP) is 2.01. The second-order valence-corrected chi connectivity index (χ2v) is 5.60. The number of hydrogen-bond donors (Lipinski definition) is 2. The van der Waals surface area contributed by atoms with E-state index < -0.39 is 0 Å². The molecule has 110 valence electrons. The van der Waals surface area contributed by atoms with Crippen LogP contribution in [0.1, 0.15) is 24.8 Å². The SMILES string of the molecule is CNCC1CCCCN1CC(=O)Nc1cccc(C)c1. The summed E-state index contributed by atoms with van der Waals surface area (Å²) in [6.07, 6.45) is 3.64. The number of piperidine rings is 1. The normalized spacial score (nSPS) is 19.8. The quantitative estimate of drug-likeness (QED) is 0.864. The van der Waals surface area contributed by atoms with E-state index in [1.54, 1.807) is 0 Å². The van der Waals surface area contributed by atoms with Crippen LogP contribution in [0.25, 0.3) is 0 Å². The molecule has 0 aromatic heterocycles. The summed E-state index contributed by atoms with van der Waals surface area (Å²) in [4.78, 5) is 14.5. The van der Waals surface area contributed by atoms with Crippen molar-refractivity contribution in [3.05, 3.63) is 29.8 Å². The minimum absolute atomic E-state index is 0.0820. The van der Waals surface area contributed by atoms with E-state index in [0.717, 1.165) is 24.3 Å². The van der Waals surface area contributed by atoms with Crippen molar-refractivity contribution < 1.29 is 4.79 Å². The van der Waals surface area contributed by atoms with Gasteiger partial charge in [-0.1, -0.05) is 18.6 Å². The first-order chi connectivity index (χ1) is 9.69. The van der Waals surface area contributed by atoms with Crippen molar-refractivity contribution >= 4 is 11.6 Å². The van der Waals surface area contributed by atoms with E-state index in [-0.39, 0.29) is 5.91 Å². The van der Waals surface area contributed by atoms with Gasteiger partial charge in [0.05, 0.1) is 6.54 Å². The number of likely N-dealkylation sites (tertiary alicyclic amines) is 1. The van der Waals surface area contributed by atoms with E-state index in [2.05, 4.69) is 15.5 Å². The Bertz CT molecular complexity index is 445. The van der Waals surface area contributed by atoms with Crippen LogP contribution in [0.2, 0.25) is 0 Å². The van der Waals surface area contributed by atoms with Crippen LogP contribution >= 0.6 is 0 Å². The zero-order valence-electron chi connectivity index (χ0n) is 12.5. The minimum atomic E-state index is 0.0820. The van der Waals surface area contributed by atoms with Gasteiger partial charge in [-0.3, -0.25) is 9.69 Å². The molecule has 0 aliphatic carbocycles. The smallest absolute Gasteiger partial charge is 0.238 e. The molecule has 1 saturated heterocycles. The molecule has 1 aliphatic rings. The van der Waals surface area contributed by atoms with E-state index in [1.807, 2.05) is 38.2 Å². The van der Waals surface area contributed by atoms with Crippen LogP contribution in [-0.4, -0.2) is 43.5 Å². The lowest BCUT2D eigenvalue weighted by Gasteiger charge is -2.35. The molecule has 1 aromatic carbocycles. The third-order valence-electron chi connectivity index (χ3n) is 3.84. The van der Waals surface area contributed by atoms with Gasteiger partial charge in [-0.05, 0) is 51.1 Å². The summed E-state index contributed by atoms with van der Waals surface area (Å²) in [7, 11) is 1.97. The maximum Gasteiger partial charge on any atom is 0.238 e. The van der Waals surface area contributed by atoms with Gasteiger partial charge in [0, 0.05) is 18.3 Å². The lowest BCUT2D eigenvalue weighted by Crippen LogP contribution is -2.47. The van der Waals surface area contributed by atoms with Crippen LogP contribution in [0.5, 0.6) is 0 Å². The van der Waals surface area contributed by atoms with E-state index in [0.29, 0.717) is 12.6 Å². The van der Waals surface area contributed by atoms with Crippen molar-refractivity contribution in [1.82, 2.24) is 10.2 Å². The minimum Gasteiger partial charge on any atom is -0.325 e. The number of nitrogens with one attached hydrogen (secondary N) is 2. The Morgan fingerprint density at radius 3 is 3.00 bits per heavy atom. The molecule has 1 unspecified atom stereocenters. The van der Waals surface area contributed by atoms with Crippen LogP contribution in [0.15, 0.2) is 24.3 Å². The summed E-state index contributed by atoms with van der Waals surface area (Å²) in [5.41, 5.74) is 2.05. The zero-order valence-corrected chi connectivity index (χ0v) is 12.5. The lowest BCUT2D eigenvalue weighted by molar-refractivity contribution is -0.118. The first-order valence-corrected chi connectivity index (χ1v) is 7.44. The molecule has 0 radical (unpaired) electrons. The van der Waals surface area contributed by atoms with Crippen LogP contribution in [0.3, 0.4) is 0 Å². The third kappa shape index (κ3) is 4.32. The van der Waals surface area contributed by atoms with Crippen LogP contribution in [-0.2, 0) is 4.79 Å². The summed E-state index contributed by atoms with van der Waals surface area (Å²) in [5, 5.41) is 6.22. The lowest BCUT2D eigenvalue weighted by atomic mass is 10.0. The Morgan fingerprint density at radius 2 is 2.25 bits per heavy atom.